The van der Waals surface area contributed by atoms with E-state index in [0.29, 0.717) is 5.69 Å². The quantitative estimate of drug-likeness (QED) is 0.451. The Kier molecular flexibility index (Phi) is 5.23. The molecule has 0 saturated heterocycles. The van der Waals surface area contributed by atoms with Crippen LogP contribution in [0.2, 0.25) is 0 Å². The number of rotatable bonds is 3. The lowest BCUT2D eigenvalue weighted by atomic mass is 10.2. The van der Waals surface area contributed by atoms with Gasteiger partial charge in [0, 0.05) is 17.5 Å². The lowest BCUT2D eigenvalue weighted by Gasteiger charge is -2.04. The number of hydrogen-bond acceptors (Lipinski definition) is 4. The maximum atomic E-state index is 11.8. The molecule has 0 bridgehead atoms. The van der Waals surface area contributed by atoms with Gasteiger partial charge in [0.25, 0.3) is 5.56 Å². The largest absolute Gasteiger partial charge is 0.335 e. The van der Waals surface area contributed by atoms with Crippen LogP contribution in [0.5, 0.6) is 0 Å². The fourth-order valence-electron chi connectivity index (χ4n) is 2.22. The van der Waals surface area contributed by atoms with E-state index in [9.17, 15) is 9.59 Å². The van der Waals surface area contributed by atoms with E-state index in [-0.39, 0.29) is 22.7 Å². The van der Waals surface area contributed by atoms with Gasteiger partial charge in [-0.25, -0.2) is 5.43 Å². The normalized spacial score (nSPS) is 15.5. The molecule has 0 spiro atoms. The number of H-pyrrole nitrogens is 2. The molecule has 0 radical (unpaired) electrons. The second-order valence-corrected chi connectivity index (χ2v) is 5.33. The van der Waals surface area contributed by atoms with Crippen molar-refractivity contribution in [3.8, 4) is 0 Å². The number of aromatic nitrogens is 2. The van der Waals surface area contributed by atoms with Crippen LogP contribution >= 0.6 is 12.2 Å². The van der Waals surface area contributed by atoms with Gasteiger partial charge in [-0.1, -0.05) is 12.8 Å². The standard InChI is InChI=1S/C13H18N4O2S/c18-11-7-10(14-13(20)15-11)8-12(19)17-16-9-5-3-1-2-4-6-9/h7H,1-6,8H2,(H,17,19)(H2,14,15,18,20). The zero-order valence-electron chi connectivity index (χ0n) is 11.2. The van der Waals surface area contributed by atoms with Crippen LogP contribution in [0.1, 0.15) is 44.2 Å². The van der Waals surface area contributed by atoms with Crippen LogP contribution in [0, 0.1) is 4.77 Å². The Balaban J connectivity index is 1.93. The zero-order valence-corrected chi connectivity index (χ0v) is 12.0. The first-order valence-corrected chi connectivity index (χ1v) is 7.21. The first-order chi connectivity index (χ1) is 9.63. The maximum absolute atomic E-state index is 11.8. The van der Waals surface area contributed by atoms with Crippen molar-refractivity contribution in [1.82, 2.24) is 15.4 Å². The van der Waals surface area contributed by atoms with E-state index in [4.69, 9.17) is 12.2 Å². The SMILES string of the molecule is O=C(Cc1cc(=O)[nH]c(=S)[nH]1)NN=C1CCCCCC1. The minimum Gasteiger partial charge on any atom is -0.335 e. The molecule has 20 heavy (non-hydrogen) atoms. The van der Waals surface area contributed by atoms with E-state index in [0.717, 1.165) is 31.4 Å². The number of carbonyl (C=O) groups excluding carboxylic acids is 1. The molecule has 2 rings (SSSR count). The third-order valence-electron chi connectivity index (χ3n) is 3.19. The maximum Gasteiger partial charge on any atom is 0.251 e. The van der Waals surface area contributed by atoms with Crippen LogP contribution in [-0.4, -0.2) is 21.6 Å². The Morgan fingerprint density at radius 3 is 2.60 bits per heavy atom. The molecule has 108 valence electrons. The van der Waals surface area contributed by atoms with Gasteiger partial charge in [0.05, 0.1) is 6.42 Å². The summed E-state index contributed by atoms with van der Waals surface area (Å²) in [5, 5.41) is 4.18. The fourth-order valence-corrected chi connectivity index (χ4v) is 2.45. The van der Waals surface area contributed by atoms with E-state index in [2.05, 4.69) is 20.5 Å². The van der Waals surface area contributed by atoms with Crippen molar-refractivity contribution in [2.24, 2.45) is 5.10 Å². The highest BCUT2D eigenvalue weighted by molar-refractivity contribution is 7.71. The van der Waals surface area contributed by atoms with Crippen molar-refractivity contribution in [2.45, 2.75) is 44.9 Å². The number of amides is 1. The predicted octanol–water partition coefficient (Wildman–Crippen LogP) is 1.80. The molecule has 1 aromatic heterocycles. The number of hydrogen-bond donors (Lipinski definition) is 3. The summed E-state index contributed by atoms with van der Waals surface area (Å²) in [5.74, 6) is -0.252. The molecule has 3 N–H and O–H groups in total. The Labute approximate surface area is 121 Å². The fraction of sp³-hybridized carbons (Fsp3) is 0.538. The second-order valence-electron chi connectivity index (χ2n) is 4.92. The van der Waals surface area contributed by atoms with Crippen molar-refractivity contribution in [1.29, 1.82) is 0 Å². The molecule has 1 aliphatic rings. The topological polar surface area (TPSA) is 90.1 Å². The Hall–Kier alpha value is -1.76. The van der Waals surface area contributed by atoms with E-state index in [1.807, 2.05) is 0 Å². The van der Waals surface area contributed by atoms with Crippen LogP contribution < -0.4 is 11.0 Å². The zero-order chi connectivity index (χ0) is 14.4. The molecule has 1 heterocycles. The Bertz CT molecular complexity index is 579. The molecule has 0 atom stereocenters. The molecule has 0 unspecified atom stereocenters. The van der Waals surface area contributed by atoms with Gasteiger partial charge >= 0.3 is 0 Å². The summed E-state index contributed by atoms with van der Waals surface area (Å²) < 4.78 is 0.218. The van der Waals surface area contributed by atoms with Crippen molar-refractivity contribution < 1.29 is 4.79 Å². The molecular formula is C13H18N4O2S. The van der Waals surface area contributed by atoms with Crippen LogP contribution in [0.4, 0.5) is 0 Å². The van der Waals surface area contributed by atoms with Gasteiger partial charge in [-0.3, -0.25) is 14.6 Å². The van der Waals surface area contributed by atoms with Crippen molar-refractivity contribution in [3.63, 3.8) is 0 Å². The number of nitrogens with one attached hydrogen (secondary N) is 3. The van der Waals surface area contributed by atoms with Gasteiger partial charge in [-0.05, 0) is 37.9 Å². The van der Waals surface area contributed by atoms with Gasteiger partial charge in [0.15, 0.2) is 4.77 Å². The van der Waals surface area contributed by atoms with E-state index in [1.165, 1.54) is 18.9 Å². The molecule has 0 aliphatic heterocycles. The van der Waals surface area contributed by atoms with E-state index in [1.54, 1.807) is 0 Å². The molecule has 6 nitrogen and oxygen atoms in total. The summed E-state index contributed by atoms with van der Waals surface area (Å²) in [6, 6.07) is 1.33. The third-order valence-corrected chi connectivity index (χ3v) is 3.39. The second kappa shape index (κ2) is 7.14. The van der Waals surface area contributed by atoms with Gasteiger partial charge in [0.2, 0.25) is 5.91 Å². The predicted molar refractivity (Wildman–Crippen MR) is 79.2 cm³/mol. The lowest BCUT2D eigenvalue weighted by molar-refractivity contribution is -0.120. The number of aromatic amines is 2. The van der Waals surface area contributed by atoms with Crippen molar-refractivity contribution in [3.05, 3.63) is 26.9 Å². The minimum atomic E-state index is -0.313. The summed E-state index contributed by atoms with van der Waals surface area (Å²) in [4.78, 5) is 28.2. The summed E-state index contributed by atoms with van der Waals surface area (Å²) in [6.45, 7) is 0. The summed E-state index contributed by atoms with van der Waals surface area (Å²) in [5.41, 5.74) is 3.77. The summed E-state index contributed by atoms with van der Waals surface area (Å²) >= 11 is 4.85. The molecule has 0 aromatic carbocycles. The minimum absolute atomic E-state index is 0.0599. The van der Waals surface area contributed by atoms with Crippen LogP contribution in [0.25, 0.3) is 0 Å². The first-order valence-electron chi connectivity index (χ1n) is 6.80. The number of carbonyl (C=O) groups is 1. The van der Waals surface area contributed by atoms with Crippen LogP contribution in [0.3, 0.4) is 0 Å². The molecular weight excluding hydrogens is 276 g/mol. The van der Waals surface area contributed by atoms with Crippen molar-refractivity contribution >= 4 is 23.8 Å². The number of hydrazone groups is 1. The summed E-state index contributed by atoms with van der Waals surface area (Å²) in [7, 11) is 0. The molecule has 1 amide bonds. The molecule has 1 fully saturated rings. The smallest absolute Gasteiger partial charge is 0.251 e. The monoisotopic (exact) mass is 294 g/mol. The van der Waals surface area contributed by atoms with Gasteiger partial charge < -0.3 is 4.98 Å². The van der Waals surface area contributed by atoms with Gasteiger partial charge in [0.1, 0.15) is 0 Å². The average Bonchev–Trinajstić information content (AvgIpc) is 2.63. The van der Waals surface area contributed by atoms with Crippen molar-refractivity contribution in [2.75, 3.05) is 0 Å². The third kappa shape index (κ3) is 4.73. The first kappa shape index (κ1) is 14.6. The van der Waals surface area contributed by atoms with Gasteiger partial charge in [-0.2, -0.15) is 5.10 Å². The Morgan fingerprint density at radius 2 is 1.95 bits per heavy atom. The van der Waals surface area contributed by atoms with Crippen LogP contribution in [0.15, 0.2) is 16.0 Å². The van der Waals surface area contributed by atoms with E-state index < -0.39 is 0 Å². The highest BCUT2D eigenvalue weighted by Gasteiger charge is 2.07. The van der Waals surface area contributed by atoms with E-state index >= 15 is 0 Å². The van der Waals surface area contributed by atoms with Crippen LogP contribution in [-0.2, 0) is 11.2 Å². The molecule has 7 heteroatoms. The lowest BCUT2D eigenvalue weighted by Crippen LogP contribution is -2.23. The number of nitrogens with zero attached hydrogens (tertiary/aromatic N) is 1. The highest BCUT2D eigenvalue weighted by atomic mass is 32.1. The van der Waals surface area contributed by atoms with Gasteiger partial charge in [-0.15, -0.1) is 0 Å². The molecule has 1 aromatic rings. The molecule has 1 aliphatic carbocycles. The average molecular weight is 294 g/mol. The Morgan fingerprint density at radius 1 is 1.25 bits per heavy atom. The summed E-state index contributed by atoms with van der Waals surface area (Å²) in [6.07, 6.45) is 6.70. The highest BCUT2D eigenvalue weighted by Crippen LogP contribution is 2.14. The molecule has 1 saturated carbocycles.